The summed E-state index contributed by atoms with van der Waals surface area (Å²) in [5, 5.41) is 0. The van der Waals surface area contributed by atoms with Crippen molar-refractivity contribution >= 4 is 0 Å². The second-order valence-corrected chi connectivity index (χ2v) is 9.16. The topological polar surface area (TPSA) is 0 Å². The highest BCUT2D eigenvalue weighted by Crippen LogP contribution is 2.43. The molecule has 0 nitrogen and oxygen atoms in total. The lowest BCUT2D eigenvalue weighted by atomic mass is 9.67. The van der Waals surface area contributed by atoms with Gasteiger partial charge in [0.05, 0.1) is 0 Å². The van der Waals surface area contributed by atoms with Crippen LogP contribution in [0.1, 0.15) is 97.3 Å². The molecule has 0 bridgehead atoms. The van der Waals surface area contributed by atoms with Crippen molar-refractivity contribution in [3.63, 3.8) is 0 Å². The van der Waals surface area contributed by atoms with Crippen molar-refractivity contribution in [2.24, 2.45) is 35.5 Å². The standard InChI is InChI=1S/C21H38/c1-16-3-7-18(8-4-16)15-19-9-13-21(14-10-19)20-11-5-17(2)6-12-20/h16-21H,3-15H2,1-2H3. The van der Waals surface area contributed by atoms with E-state index in [2.05, 4.69) is 13.8 Å². The van der Waals surface area contributed by atoms with E-state index in [4.69, 9.17) is 0 Å². The van der Waals surface area contributed by atoms with Crippen LogP contribution in [0, 0.1) is 35.5 Å². The lowest BCUT2D eigenvalue weighted by molar-refractivity contribution is 0.133. The minimum atomic E-state index is 1.02. The average molecular weight is 291 g/mol. The van der Waals surface area contributed by atoms with Gasteiger partial charge in [0, 0.05) is 0 Å². The number of hydrogen-bond donors (Lipinski definition) is 0. The van der Waals surface area contributed by atoms with Gasteiger partial charge in [-0.15, -0.1) is 0 Å². The smallest absolute Gasteiger partial charge is 0.0386 e. The molecule has 3 saturated carbocycles. The van der Waals surface area contributed by atoms with E-state index in [0.29, 0.717) is 0 Å². The number of rotatable bonds is 3. The Kier molecular flexibility index (Phi) is 5.68. The van der Waals surface area contributed by atoms with E-state index in [9.17, 15) is 0 Å². The molecular formula is C21H38. The van der Waals surface area contributed by atoms with E-state index in [1.807, 2.05) is 0 Å². The van der Waals surface area contributed by atoms with Gasteiger partial charge < -0.3 is 0 Å². The molecule has 3 fully saturated rings. The third-order valence-electron chi connectivity index (χ3n) is 7.42. The van der Waals surface area contributed by atoms with E-state index >= 15 is 0 Å². The highest BCUT2D eigenvalue weighted by atomic mass is 14.4. The third kappa shape index (κ3) is 4.49. The molecule has 0 atom stereocenters. The Labute approximate surface area is 133 Å². The Morgan fingerprint density at radius 2 is 0.810 bits per heavy atom. The number of hydrogen-bond acceptors (Lipinski definition) is 0. The summed E-state index contributed by atoms with van der Waals surface area (Å²) in [5.74, 6) is 6.45. The van der Waals surface area contributed by atoms with Gasteiger partial charge in [0.25, 0.3) is 0 Å². The maximum Gasteiger partial charge on any atom is -0.0386 e. The zero-order valence-corrected chi connectivity index (χ0v) is 14.7. The molecule has 122 valence electrons. The van der Waals surface area contributed by atoms with Gasteiger partial charge in [0.1, 0.15) is 0 Å². The summed E-state index contributed by atoms with van der Waals surface area (Å²) >= 11 is 0. The van der Waals surface area contributed by atoms with E-state index in [-0.39, 0.29) is 0 Å². The second-order valence-electron chi connectivity index (χ2n) is 9.16. The van der Waals surface area contributed by atoms with Crippen molar-refractivity contribution in [3.8, 4) is 0 Å². The van der Waals surface area contributed by atoms with E-state index in [1.165, 1.54) is 25.7 Å². The lowest BCUT2D eigenvalue weighted by Gasteiger charge is -2.38. The first kappa shape index (κ1) is 15.9. The molecule has 0 aliphatic heterocycles. The zero-order valence-electron chi connectivity index (χ0n) is 14.7. The molecule has 0 aromatic carbocycles. The first-order valence-electron chi connectivity index (χ1n) is 10.2. The summed E-state index contributed by atoms with van der Waals surface area (Å²) in [7, 11) is 0. The highest BCUT2D eigenvalue weighted by Gasteiger charge is 2.31. The van der Waals surface area contributed by atoms with Crippen LogP contribution in [0.3, 0.4) is 0 Å². The monoisotopic (exact) mass is 290 g/mol. The maximum atomic E-state index is 2.46. The van der Waals surface area contributed by atoms with Gasteiger partial charge in [0.2, 0.25) is 0 Å². The molecule has 21 heavy (non-hydrogen) atoms. The van der Waals surface area contributed by atoms with Gasteiger partial charge in [-0.1, -0.05) is 65.2 Å². The lowest BCUT2D eigenvalue weighted by Crippen LogP contribution is -2.26. The van der Waals surface area contributed by atoms with Crippen LogP contribution in [0.5, 0.6) is 0 Å². The molecule has 0 radical (unpaired) electrons. The Morgan fingerprint density at radius 1 is 0.476 bits per heavy atom. The van der Waals surface area contributed by atoms with Crippen LogP contribution in [-0.4, -0.2) is 0 Å². The molecule has 3 aliphatic carbocycles. The van der Waals surface area contributed by atoms with Crippen LogP contribution in [-0.2, 0) is 0 Å². The summed E-state index contributed by atoms with van der Waals surface area (Å²) in [6.45, 7) is 4.91. The Balaban J connectivity index is 1.37. The molecule has 0 heteroatoms. The first-order valence-corrected chi connectivity index (χ1v) is 10.2. The van der Waals surface area contributed by atoms with Crippen LogP contribution in [0.4, 0.5) is 0 Å². The van der Waals surface area contributed by atoms with Gasteiger partial charge in [-0.2, -0.15) is 0 Å². The zero-order chi connectivity index (χ0) is 14.7. The molecule has 3 rings (SSSR count). The second kappa shape index (κ2) is 7.51. The maximum absolute atomic E-state index is 2.46. The van der Waals surface area contributed by atoms with Crippen LogP contribution >= 0.6 is 0 Å². The predicted molar refractivity (Wildman–Crippen MR) is 92.3 cm³/mol. The van der Waals surface area contributed by atoms with E-state index in [1.54, 1.807) is 57.8 Å². The third-order valence-corrected chi connectivity index (χ3v) is 7.42. The fourth-order valence-corrected chi connectivity index (χ4v) is 5.69. The molecule has 0 saturated heterocycles. The average Bonchev–Trinajstić information content (AvgIpc) is 2.51. The summed E-state index contributed by atoms with van der Waals surface area (Å²) in [4.78, 5) is 0. The van der Waals surface area contributed by atoms with Gasteiger partial charge >= 0.3 is 0 Å². The first-order chi connectivity index (χ1) is 10.2. The Hall–Kier alpha value is 0. The SMILES string of the molecule is CC1CCC(CC2CCC(C3CCC(C)CC3)CC2)CC1. The van der Waals surface area contributed by atoms with Crippen molar-refractivity contribution in [1.82, 2.24) is 0 Å². The van der Waals surface area contributed by atoms with Gasteiger partial charge in [-0.05, 0) is 67.6 Å². The quantitative estimate of drug-likeness (QED) is 0.534. The Morgan fingerprint density at radius 3 is 1.29 bits per heavy atom. The molecule has 0 N–H and O–H groups in total. The minimum Gasteiger partial charge on any atom is -0.0625 e. The fourth-order valence-electron chi connectivity index (χ4n) is 5.69. The van der Waals surface area contributed by atoms with Crippen LogP contribution in [0.2, 0.25) is 0 Å². The van der Waals surface area contributed by atoms with E-state index in [0.717, 1.165) is 35.5 Å². The molecule has 3 aliphatic rings. The summed E-state index contributed by atoms with van der Waals surface area (Å²) in [6, 6.07) is 0. The molecular weight excluding hydrogens is 252 g/mol. The molecule has 0 aromatic heterocycles. The Bertz CT molecular complexity index is 283. The van der Waals surface area contributed by atoms with Crippen LogP contribution < -0.4 is 0 Å². The van der Waals surface area contributed by atoms with Crippen LogP contribution in [0.25, 0.3) is 0 Å². The van der Waals surface area contributed by atoms with Crippen molar-refractivity contribution in [1.29, 1.82) is 0 Å². The van der Waals surface area contributed by atoms with Gasteiger partial charge in [-0.3, -0.25) is 0 Å². The molecule has 0 amide bonds. The highest BCUT2D eigenvalue weighted by molar-refractivity contribution is 4.82. The minimum absolute atomic E-state index is 1.02. The summed E-state index contributed by atoms with van der Waals surface area (Å²) in [6.07, 6.45) is 20.1. The van der Waals surface area contributed by atoms with Gasteiger partial charge in [0.15, 0.2) is 0 Å². The molecule has 0 heterocycles. The van der Waals surface area contributed by atoms with Crippen molar-refractivity contribution in [3.05, 3.63) is 0 Å². The normalized spacial score (nSPS) is 45.4. The fraction of sp³-hybridized carbons (Fsp3) is 1.00. The van der Waals surface area contributed by atoms with E-state index < -0.39 is 0 Å². The molecule has 0 spiro atoms. The molecule has 0 unspecified atom stereocenters. The largest absolute Gasteiger partial charge is 0.0625 e. The van der Waals surface area contributed by atoms with Gasteiger partial charge in [-0.25, -0.2) is 0 Å². The van der Waals surface area contributed by atoms with Crippen molar-refractivity contribution < 1.29 is 0 Å². The van der Waals surface area contributed by atoms with Crippen molar-refractivity contribution in [2.45, 2.75) is 97.3 Å². The predicted octanol–water partition coefficient (Wildman–Crippen LogP) is 6.84. The molecule has 0 aromatic rings. The van der Waals surface area contributed by atoms with Crippen LogP contribution in [0.15, 0.2) is 0 Å². The van der Waals surface area contributed by atoms with Crippen molar-refractivity contribution in [2.75, 3.05) is 0 Å². The summed E-state index contributed by atoms with van der Waals surface area (Å²) in [5.41, 5.74) is 0. The summed E-state index contributed by atoms with van der Waals surface area (Å²) < 4.78 is 0.